The van der Waals surface area contributed by atoms with Gasteiger partial charge in [0.25, 0.3) is 0 Å². The Bertz CT molecular complexity index is 734. The van der Waals surface area contributed by atoms with Crippen LogP contribution >= 0.6 is 0 Å². The molecule has 0 aliphatic carbocycles. The van der Waals surface area contributed by atoms with Crippen LogP contribution in [0.4, 0.5) is 20.2 Å². The number of halogens is 2. The molecular formula is C18H20F2N2O2. The van der Waals surface area contributed by atoms with E-state index in [4.69, 9.17) is 4.74 Å². The van der Waals surface area contributed by atoms with Crippen LogP contribution in [0.15, 0.2) is 36.4 Å². The van der Waals surface area contributed by atoms with E-state index in [9.17, 15) is 13.9 Å². The van der Waals surface area contributed by atoms with Crippen LogP contribution in [-0.4, -0.2) is 30.9 Å². The van der Waals surface area contributed by atoms with Gasteiger partial charge in [0.1, 0.15) is 23.0 Å². The second-order valence-electron chi connectivity index (χ2n) is 6.38. The van der Waals surface area contributed by atoms with E-state index < -0.39 is 17.2 Å². The molecule has 1 unspecified atom stereocenters. The summed E-state index contributed by atoms with van der Waals surface area (Å²) < 4.78 is 32.4. The predicted molar refractivity (Wildman–Crippen MR) is 89.5 cm³/mol. The number of rotatable bonds is 4. The Kier molecular flexibility index (Phi) is 4.32. The highest BCUT2D eigenvalue weighted by molar-refractivity contribution is 5.66. The first-order valence-electron chi connectivity index (χ1n) is 7.72. The van der Waals surface area contributed by atoms with E-state index in [0.717, 1.165) is 17.4 Å². The quantitative estimate of drug-likeness (QED) is 0.902. The largest absolute Gasteiger partial charge is 0.481 e. The molecule has 0 amide bonds. The third-order valence-electron chi connectivity index (χ3n) is 4.05. The average Bonchev–Trinajstić information content (AvgIpc) is 2.51. The molecule has 1 aliphatic heterocycles. The van der Waals surface area contributed by atoms with Gasteiger partial charge in [-0.1, -0.05) is 0 Å². The van der Waals surface area contributed by atoms with E-state index >= 15 is 0 Å². The molecule has 1 heterocycles. The van der Waals surface area contributed by atoms with Gasteiger partial charge in [-0.05, 0) is 36.8 Å². The summed E-state index contributed by atoms with van der Waals surface area (Å²) in [7, 11) is 1.94. The van der Waals surface area contributed by atoms with Gasteiger partial charge in [-0.2, -0.15) is 0 Å². The summed E-state index contributed by atoms with van der Waals surface area (Å²) in [6, 6.07) is 9.07. The number of nitrogens with zero attached hydrogens (tertiary/aromatic N) is 1. The molecule has 0 fully saturated rings. The van der Waals surface area contributed by atoms with Crippen molar-refractivity contribution < 1.29 is 18.6 Å². The summed E-state index contributed by atoms with van der Waals surface area (Å²) in [6.45, 7) is 2.64. The van der Waals surface area contributed by atoms with E-state index in [-0.39, 0.29) is 6.61 Å². The molecular weight excluding hydrogens is 314 g/mol. The Balaban J connectivity index is 1.77. The van der Waals surface area contributed by atoms with Gasteiger partial charge in [-0.15, -0.1) is 0 Å². The lowest BCUT2D eigenvalue weighted by atomic mass is 10.0. The van der Waals surface area contributed by atoms with E-state index in [1.54, 1.807) is 0 Å². The standard InChI is InChI=1S/C18H20F2N2O2/c1-18(11-23)10-22(2)16-4-3-15(8-17(16)24-18)21-9-12-5-13(19)7-14(20)6-12/h3-8,21,23H,9-11H2,1-2H3. The van der Waals surface area contributed by atoms with Gasteiger partial charge in [0.15, 0.2) is 0 Å². The van der Waals surface area contributed by atoms with Gasteiger partial charge in [0, 0.05) is 31.4 Å². The minimum absolute atomic E-state index is 0.0863. The Morgan fingerprint density at radius 3 is 2.58 bits per heavy atom. The van der Waals surface area contributed by atoms with Crippen molar-refractivity contribution in [3.05, 3.63) is 53.6 Å². The molecule has 1 atom stereocenters. The van der Waals surface area contributed by atoms with Crippen molar-refractivity contribution in [1.29, 1.82) is 0 Å². The molecule has 0 bridgehead atoms. The molecule has 24 heavy (non-hydrogen) atoms. The molecule has 0 radical (unpaired) electrons. The molecule has 0 spiro atoms. The van der Waals surface area contributed by atoms with Crippen molar-refractivity contribution in [3.8, 4) is 5.75 Å². The van der Waals surface area contributed by atoms with Gasteiger partial charge in [-0.3, -0.25) is 0 Å². The van der Waals surface area contributed by atoms with Crippen LogP contribution in [0.1, 0.15) is 12.5 Å². The fraction of sp³-hybridized carbons (Fsp3) is 0.333. The molecule has 2 aromatic carbocycles. The third kappa shape index (κ3) is 3.43. The minimum Gasteiger partial charge on any atom is -0.481 e. The van der Waals surface area contributed by atoms with Gasteiger partial charge in [0.2, 0.25) is 0 Å². The molecule has 0 saturated carbocycles. The molecule has 1 aliphatic rings. The monoisotopic (exact) mass is 334 g/mol. The zero-order valence-corrected chi connectivity index (χ0v) is 13.6. The number of hydrogen-bond donors (Lipinski definition) is 2. The highest BCUT2D eigenvalue weighted by atomic mass is 19.1. The summed E-state index contributed by atoms with van der Waals surface area (Å²) >= 11 is 0. The third-order valence-corrected chi connectivity index (χ3v) is 4.05. The van der Waals surface area contributed by atoms with Crippen LogP contribution < -0.4 is 15.0 Å². The highest BCUT2D eigenvalue weighted by Gasteiger charge is 2.33. The van der Waals surface area contributed by atoms with Crippen LogP contribution in [0, 0.1) is 11.6 Å². The Morgan fingerprint density at radius 2 is 1.92 bits per heavy atom. The van der Waals surface area contributed by atoms with Crippen LogP contribution in [0.5, 0.6) is 5.75 Å². The smallest absolute Gasteiger partial charge is 0.146 e. The second-order valence-corrected chi connectivity index (χ2v) is 6.38. The second kappa shape index (κ2) is 6.28. The van der Waals surface area contributed by atoms with Gasteiger partial charge in [-0.25, -0.2) is 8.78 Å². The van der Waals surface area contributed by atoms with Crippen molar-refractivity contribution in [1.82, 2.24) is 0 Å². The lowest BCUT2D eigenvalue weighted by Crippen LogP contribution is -2.50. The number of benzene rings is 2. The number of likely N-dealkylation sites (N-methyl/N-ethyl adjacent to an activating group) is 1. The molecule has 3 rings (SSSR count). The SMILES string of the molecule is CN1CC(C)(CO)Oc2cc(NCc3cc(F)cc(F)c3)ccc21. The van der Waals surface area contributed by atoms with E-state index in [0.29, 0.717) is 24.4 Å². The molecule has 128 valence electrons. The van der Waals surface area contributed by atoms with Gasteiger partial charge >= 0.3 is 0 Å². The zero-order chi connectivity index (χ0) is 17.3. The fourth-order valence-electron chi connectivity index (χ4n) is 2.91. The number of aliphatic hydroxyl groups is 1. The first-order valence-corrected chi connectivity index (χ1v) is 7.72. The number of nitrogens with one attached hydrogen (secondary N) is 1. The summed E-state index contributed by atoms with van der Waals surface area (Å²) in [5.74, 6) is -0.530. The number of anilines is 2. The van der Waals surface area contributed by atoms with E-state index in [1.807, 2.05) is 37.1 Å². The summed E-state index contributed by atoms with van der Waals surface area (Å²) in [4.78, 5) is 2.03. The molecule has 2 N–H and O–H groups in total. The molecule has 4 nitrogen and oxygen atoms in total. The number of aliphatic hydroxyl groups excluding tert-OH is 1. The van der Waals surface area contributed by atoms with Crippen LogP contribution in [-0.2, 0) is 6.54 Å². The number of ether oxygens (including phenoxy) is 1. The summed E-state index contributed by atoms with van der Waals surface area (Å²) in [5.41, 5.74) is 1.56. The maximum atomic E-state index is 13.2. The van der Waals surface area contributed by atoms with Crippen molar-refractivity contribution in [2.45, 2.75) is 19.1 Å². The number of fused-ring (bicyclic) bond motifs is 1. The van der Waals surface area contributed by atoms with Crippen molar-refractivity contribution in [3.63, 3.8) is 0 Å². The zero-order valence-electron chi connectivity index (χ0n) is 13.6. The van der Waals surface area contributed by atoms with E-state index in [2.05, 4.69) is 5.32 Å². The predicted octanol–water partition coefficient (Wildman–Crippen LogP) is 3.16. The Hall–Kier alpha value is -2.34. The van der Waals surface area contributed by atoms with Crippen molar-refractivity contribution in [2.75, 3.05) is 30.4 Å². The molecule has 2 aromatic rings. The number of hydrogen-bond acceptors (Lipinski definition) is 4. The Labute approximate surface area is 139 Å². The Morgan fingerprint density at radius 1 is 1.21 bits per heavy atom. The topological polar surface area (TPSA) is 44.7 Å². The fourth-order valence-corrected chi connectivity index (χ4v) is 2.91. The lowest BCUT2D eigenvalue weighted by molar-refractivity contribution is 0.0251. The van der Waals surface area contributed by atoms with Crippen LogP contribution in [0.3, 0.4) is 0 Å². The normalized spacial score (nSPS) is 19.6. The van der Waals surface area contributed by atoms with E-state index in [1.165, 1.54) is 12.1 Å². The maximum absolute atomic E-state index is 13.2. The average molecular weight is 334 g/mol. The van der Waals surface area contributed by atoms with Gasteiger partial charge < -0.3 is 20.1 Å². The maximum Gasteiger partial charge on any atom is 0.146 e. The molecule has 0 saturated heterocycles. The first-order chi connectivity index (χ1) is 11.4. The lowest BCUT2D eigenvalue weighted by Gasteiger charge is -2.40. The van der Waals surface area contributed by atoms with Crippen molar-refractivity contribution in [2.24, 2.45) is 0 Å². The van der Waals surface area contributed by atoms with Crippen molar-refractivity contribution >= 4 is 11.4 Å². The van der Waals surface area contributed by atoms with Crippen LogP contribution in [0.25, 0.3) is 0 Å². The van der Waals surface area contributed by atoms with Gasteiger partial charge in [0.05, 0.1) is 18.8 Å². The molecule has 6 heteroatoms. The first kappa shape index (κ1) is 16.5. The minimum atomic E-state index is -0.661. The molecule has 0 aromatic heterocycles. The van der Waals surface area contributed by atoms with Crippen LogP contribution in [0.2, 0.25) is 0 Å². The summed E-state index contributed by atoms with van der Waals surface area (Å²) in [6.07, 6.45) is 0. The highest BCUT2D eigenvalue weighted by Crippen LogP contribution is 2.38. The summed E-state index contributed by atoms with van der Waals surface area (Å²) in [5, 5.41) is 12.7.